The Balaban J connectivity index is 1.87. The van der Waals surface area contributed by atoms with E-state index in [-0.39, 0.29) is 11.9 Å². The van der Waals surface area contributed by atoms with Crippen LogP contribution < -0.4 is 4.74 Å². The molecule has 1 aliphatic rings. The number of methoxy groups -OCH3 is 1. The van der Waals surface area contributed by atoms with E-state index in [4.69, 9.17) is 9.47 Å². The van der Waals surface area contributed by atoms with Crippen LogP contribution in [-0.4, -0.2) is 43.3 Å². The van der Waals surface area contributed by atoms with Gasteiger partial charge in [-0.2, -0.15) is 0 Å². The second-order valence-corrected chi connectivity index (χ2v) is 6.23. The maximum atomic E-state index is 14.6. The highest BCUT2D eigenvalue weighted by Gasteiger charge is 2.28. The third kappa shape index (κ3) is 3.01. The summed E-state index contributed by atoms with van der Waals surface area (Å²) in [5.74, 6) is 0.610. The van der Waals surface area contributed by atoms with Crippen LogP contribution in [0.4, 0.5) is 4.39 Å². The number of aromatic nitrogens is 1. The monoisotopic (exact) mass is 340 g/mol. The van der Waals surface area contributed by atoms with Gasteiger partial charge in [-0.05, 0) is 29.8 Å². The Bertz CT molecular complexity index is 871. The van der Waals surface area contributed by atoms with Crippen LogP contribution in [0.2, 0.25) is 0 Å². The molecule has 4 rings (SSSR count). The molecule has 3 aromatic rings. The summed E-state index contributed by atoms with van der Waals surface area (Å²) in [6.07, 6.45) is 1.98. The molecule has 0 amide bonds. The van der Waals surface area contributed by atoms with Crippen LogP contribution in [0.3, 0.4) is 0 Å². The lowest BCUT2D eigenvalue weighted by molar-refractivity contribution is 0.0236. The van der Waals surface area contributed by atoms with Crippen molar-refractivity contribution < 1.29 is 13.9 Å². The van der Waals surface area contributed by atoms with Gasteiger partial charge in [0, 0.05) is 35.8 Å². The molecule has 0 bridgehead atoms. The number of benzene rings is 2. The third-order valence-electron chi connectivity index (χ3n) is 4.83. The number of fused-ring (bicyclic) bond motifs is 1. The van der Waals surface area contributed by atoms with Crippen LogP contribution in [0.25, 0.3) is 10.9 Å². The van der Waals surface area contributed by atoms with Crippen LogP contribution in [-0.2, 0) is 4.74 Å². The highest BCUT2D eigenvalue weighted by Crippen LogP contribution is 2.36. The fourth-order valence-electron chi connectivity index (χ4n) is 3.57. The molecule has 1 N–H and O–H groups in total. The SMILES string of the molecule is COc1ccc2[nH]cc(C(c3ccccc3F)N3CCOCC3)c2c1. The molecular formula is C20H21FN2O2. The summed E-state index contributed by atoms with van der Waals surface area (Å²) in [5.41, 5.74) is 2.76. The number of hydrogen-bond donors (Lipinski definition) is 1. The fraction of sp³-hybridized carbons (Fsp3) is 0.300. The van der Waals surface area contributed by atoms with Crippen LogP contribution >= 0.6 is 0 Å². The Morgan fingerprint density at radius 1 is 1.12 bits per heavy atom. The van der Waals surface area contributed by atoms with Crippen LogP contribution in [0.1, 0.15) is 17.2 Å². The smallest absolute Gasteiger partial charge is 0.128 e. The summed E-state index contributed by atoms with van der Waals surface area (Å²) in [6, 6.07) is 12.8. The van der Waals surface area contributed by atoms with Crippen molar-refractivity contribution in [1.29, 1.82) is 0 Å². The second kappa shape index (κ2) is 6.86. The molecule has 1 unspecified atom stereocenters. The number of nitrogens with zero attached hydrogens (tertiary/aromatic N) is 1. The summed E-state index contributed by atoms with van der Waals surface area (Å²) in [4.78, 5) is 5.59. The molecule has 2 heterocycles. The maximum Gasteiger partial charge on any atom is 0.128 e. The van der Waals surface area contributed by atoms with Gasteiger partial charge in [0.25, 0.3) is 0 Å². The third-order valence-corrected chi connectivity index (χ3v) is 4.83. The topological polar surface area (TPSA) is 37.5 Å². The Morgan fingerprint density at radius 3 is 2.68 bits per heavy atom. The molecule has 4 nitrogen and oxygen atoms in total. The van der Waals surface area contributed by atoms with Gasteiger partial charge in [-0.1, -0.05) is 18.2 Å². The maximum absolute atomic E-state index is 14.6. The minimum absolute atomic E-state index is 0.161. The number of hydrogen-bond acceptors (Lipinski definition) is 3. The van der Waals surface area contributed by atoms with Gasteiger partial charge in [0.2, 0.25) is 0 Å². The molecule has 0 spiro atoms. The van der Waals surface area contributed by atoms with Gasteiger partial charge in [0.1, 0.15) is 11.6 Å². The molecule has 0 aliphatic carbocycles. The zero-order chi connectivity index (χ0) is 17.2. The predicted molar refractivity (Wildman–Crippen MR) is 95.5 cm³/mol. The molecule has 0 saturated carbocycles. The van der Waals surface area contributed by atoms with Crippen molar-refractivity contribution in [1.82, 2.24) is 9.88 Å². The lowest BCUT2D eigenvalue weighted by atomic mass is 9.95. The Kier molecular flexibility index (Phi) is 4.42. The van der Waals surface area contributed by atoms with E-state index in [9.17, 15) is 4.39 Å². The summed E-state index contributed by atoms with van der Waals surface area (Å²) < 4.78 is 25.5. The van der Waals surface area contributed by atoms with Crippen LogP contribution in [0, 0.1) is 5.82 Å². The number of ether oxygens (including phenoxy) is 2. The van der Waals surface area contributed by atoms with E-state index in [1.54, 1.807) is 13.2 Å². The van der Waals surface area contributed by atoms with E-state index in [0.29, 0.717) is 18.8 Å². The molecule has 1 atom stereocenters. The number of rotatable bonds is 4. The normalized spacial score (nSPS) is 16.9. The largest absolute Gasteiger partial charge is 0.497 e. The minimum atomic E-state index is -0.184. The lowest BCUT2D eigenvalue weighted by Crippen LogP contribution is -2.39. The summed E-state index contributed by atoms with van der Waals surface area (Å²) in [6.45, 7) is 2.87. The van der Waals surface area contributed by atoms with E-state index < -0.39 is 0 Å². The van der Waals surface area contributed by atoms with E-state index in [1.165, 1.54) is 6.07 Å². The molecule has 2 aromatic carbocycles. The molecule has 25 heavy (non-hydrogen) atoms. The van der Waals surface area contributed by atoms with Gasteiger partial charge >= 0.3 is 0 Å². The van der Waals surface area contributed by atoms with Crippen LogP contribution in [0.5, 0.6) is 5.75 Å². The van der Waals surface area contributed by atoms with Crippen molar-refractivity contribution in [2.75, 3.05) is 33.4 Å². The van der Waals surface area contributed by atoms with Gasteiger partial charge in [0.05, 0.1) is 26.4 Å². The van der Waals surface area contributed by atoms with Crippen molar-refractivity contribution >= 4 is 10.9 Å². The quantitative estimate of drug-likeness (QED) is 0.786. The predicted octanol–water partition coefficient (Wildman–Crippen LogP) is 3.74. The highest BCUT2D eigenvalue weighted by molar-refractivity contribution is 5.85. The van der Waals surface area contributed by atoms with Gasteiger partial charge < -0.3 is 14.5 Å². The number of aromatic amines is 1. The van der Waals surface area contributed by atoms with Crippen LogP contribution in [0.15, 0.2) is 48.7 Å². The first-order valence-corrected chi connectivity index (χ1v) is 8.49. The molecule has 1 aromatic heterocycles. The number of halogens is 1. The first-order chi connectivity index (χ1) is 12.3. The van der Waals surface area contributed by atoms with Gasteiger partial charge in [-0.25, -0.2) is 4.39 Å². The summed E-state index contributed by atoms with van der Waals surface area (Å²) in [5, 5.41) is 1.05. The zero-order valence-electron chi connectivity index (χ0n) is 14.2. The van der Waals surface area contributed by atoms with Crippen molar-refractivity contribution in [3.8, 4) is 5.75 Å². The first kappa shape index (κ1) is 16.1. The van der Waals surface area contributed by atoms with E-state index in [0.717, 1.165) is 35.3 Å². The number of H-pyrrole nitrogens is 1. The fourth-order valence-corrected chi connectivity index (χ4v) is 3.57. The minimum Gasteiger partial charge on any atom is -0.497 e. The Morgan fingerprint density at radius 2 is 1.92 bits per heavy atom. The van der Waals surface area contributed by atoms with Crippen molar-refractivity contribution in [2.24, 2.45) is 0 Å². The van der Waals surface area contributed by atoms with E-state index in [1.807, 2.05) is 36.5 Å². The average Bonchev–Trinajstić information content (AvgIpc) is 3.07. The van der Waals surface area contributed by atoms with Crippen molar-refractivity contribution in [3.05, 3.63) is 65.6 Å². The molecule has 130 valence electrons. The first-order valence-electron chi connectivity index (χ1n) is 8.49. The van der Waals surface area contributed by atoms with E-state index in [2.05, 4.69) is 9.88 Å². The highest BCUT2D eigenvalue weighted by atomic mass is 19.1. The average molecular weight is 340 g/mol. The number of morpholine rings is 1. The molecule has 0 radical (unpaired) electrons. The van der Waals surface area contributed by atoms with Gasteiger partial charge in [0.15, 0.2) is 0 Å². The molecular weight excluding hydrogens is 319 g/mol. The Hall–Kier alpha value is -2.37. The van der Waals surface area contributed by atoms with Crippen molar-refractivity contribution in [2.45, 2.75) is 6.04 Å². The summed E-state index contributed by atoms with van der Waals surface area (Å²) in [7, 11) is 1.66. The van der Waals surface area contributed by atoms with Crippen molar-refractivity contribution in [3.63, 3.8) is 0 Å². The molecule has 1 saturated heterocycles. The van der Waals surface area contributed by atoms with Gasteiger partial charge in [-0.15, -0.1) is 0 Å². The lowest BCUT2D eigenvalue weighted by Gasteiger charge is -2.35. The molecule has 5 heteroatoms. The summed E-state index contributed by atoms with van der Waals surface area (Å²) >= 11 is 0. The Labute approximate surface area is 146 Å². The molecule has 1 aliphatic heterocycles. The molecule has 1 fully saturated rings. The number of nitrogens with one attached hydrogen (secondary N) is 1. The second-order valence-electron chi connectivity index (χ2n) is 6.23. The van der Waals surface area contributed by atoms with Gasteiger partial charge in [-0.3, -0.25) is 4.90 Å². The van der Waals surface area contributed by atoms with E-state index >= 15 is 0 Å². The zero-order valence-corrected chi connectivity index (χ0v) is 14.2. The standard InChI is InChI=1S/C20H21FN2O2/c1-24-14-6-7-19-16(12-14)17(13-22-19)20(23-8-10-25-11-9-23)15-4-2-3-5-18(15)21/h2-7,12-13,20,22H,8-11H2,1H3.